The molecular formula is C20H22ClFN6O2. The van der Waals surface area contributed by atoms with Crippen molar-refractivity contribution in [3.63, 3.8) is 0 Å². The van der Waals surface area contributed by atoms with Crippen molar-refractivity contribution >= 4 is 28.6 Å². The number of halogens is 2. The molecule has 0 spiro atoms. The van der Waals surface area contributed by atoms with Crippen molar-refractivity contribution in [1.82, 2.24) is 24.8 Å². The van der Waals surface area contributed by atoms with Crippen molar-refractivity contribution in [3.05, 3.63) is 35.0 Å². The summed E-state index contributed by atoms with van der Waals surface area (Å²) >= 11 is 6.37. The zero-order valence-corrected chi connectivity index (χ0v) is 17.2. The van der Waals surface area contributed by atoms with Crippen molar-refractivity contribution < 1.29 is 14.2 Å². The first-order chi connectivity index (χ1) is 14.5. The van der Waals surface area contributed by atoms with E-state index in [0.29, 0.717) is 53.0 Å². The predicted octanol–water partition coefficient (Wildman–Crippen LogP) is 2.30. The smallest absolute Gasteiger partial charge is 0.223 e. The van der Waals surface area contributed by atoms with E-state index in [-0.39, 0.29) is 12.1 Å². The predicted molar refractivity (Wildman–Crippen MR) is 111 cm³/mol. The summed E-state index contributed by atoms with van der Waals surface area (Å²) in [5.74, 6) is 0.658. The normalized spacial score (nSPS) is 22.3. The third-order valence-electron chi connectivity index (χ3n) is 5.69. The van der Waals surface area contributed by atoms with Crippen LogP contribution in [0.15, 0.2) is 18.3 Å². The minimum atomic E-state index is -0.544. The minimum absolute atomic E-state index is 0.143. The monoisotopic (exact) mass is 432 g/mol. The van der Waals surface area contributed by atoms with E-state index in [2.05, 4.69) is 25.6 Å². The topological polar surface area (TPSA) is 97.1 Å². The summed E-state index contributed by atoms with van der Waals surface area (Å²) in [7, 11) is 0. The molecule has 2 saturated heterocycles. The van der Waals surface area contributed by atoms with Gasteiger partial charge in [0, 0.05) is 12.1 Å². The van der Waals surface area contributed by atoms with E-state index in [1.54, 1.807) is 0 Å². The van der Waals surface area contributed by atoms with Gasteiger partial charge in [0.05, 0.1) is 53.8 Å². The van der Waals surface area contributed by atoms with E-state index in [0.717, 1.165) is 18.8 Å². The van der Waals surface area contributed by atoms with Gasteiger partial charge in [-0.05, 0) is 32.0 Å². The molecule has 2 aliphatic rings. The number of imidazole rings is 1. The lowest BCUT2D eigenvalue weighted by Crippen LogP contribution is -2.47. The van der Waals surface area contributed by atoms with Crippen LogP contribution < -0.4 is 10.6 Å². The summed E-state index contributed by atoms with van der Waals surface area (Å²) in [6.07, 6.45) is 1.69. The van der Waals surface area contributed by atoms with Gasteiger partial charge in [0.25, 0.3) is 0 Å². The molecule has 8 nitrogen and oxygen atoms in total. The Morgan fingerprint density at radius 2 is 2.17 bits per heavy atom. The fourth-order valence-electron chi connectivity index (χ4n) is 4.05. The standard InChI is InChI=1S/C20H22ClFN6O2/c1-10-25-19-14(22)4-11(5-16(19)28(10)12-8-30-9-12)18-13(21)6-24-20(27-18)26-15-2-3-23-7-17(15)29/h4-6,12,15,17,23,29H,2-3,7-9H2,1H3,(H,24,26,27)/t15-,17-/m1/s1. The average Bonchev–Trinajstić information content (AvgIpc) is 3.01. The largest absolute Gasteiger partial charge is 0.390 e. The Labute approximate surface area is 177 Å². The average molecular weight is 433 g/mol. The van der Waals surface area contributed by atoms with Crippen molar-refractivity contribution in [3.8, 4) is 11.3 Å². The van der Waals surface area contributed by atoms with Gasteiger partial charge in [0.15, 0.2) is 5.82 Å². The van der Waals surface area contributed by atoms with E-state index in [1.807, 2.05) is 17.6 Å². The van der Waals surface area contributed by atoms with Crippen LogP contribution in [0.3, 0.4) is 0 Å². The number of aryl methyl sites for hydroxylation is 1. The van der Waals surface area contributed by atoms with Gasteiger partial charge < -0.3 is 25.0 Å². The highest BCUT2D eigenvalue weighted by molar-refractivity contribution is 6.33. The molecule has 0 radical (unpaired) electrons. The quantitative estimate of drug-likeness (QED) is 0.582. The number of aromatic nitrogens is 4. The number of aliphatic hydroxyl groups is 1. The molecule has 0 saturated carbocycles. The van der Waals surface area contributed by atoms with Crippen molar-refractivity contribution in [2.24, 2.45) is 0 Å². The van der Waals surface area contributed by atoms with E-state index < -0.39 is 11.9 Å². The van der Waals surface area contributed by atoms with Gasteiger partial charge in [0.1, 0.15) is 11.3 Å². The van der Waals surface area contributed by atoms with Crippen LogP contribution in [-0.2, 0) is 4.74 Å². The first kappa shape index (κ1) is 19.6. The molecule has 1 aromatic carbocycles. The van der Waals surface area contributed by atoms with Crippen LogP contribution in [0.1, 0.15) is 18.3 Å². The van der Waals surface area contributed by atoms with Gasteiger partial charge in [-0.1, -0.05) is 11.6 Å². The van der Waals surface area contributed by atoms with Gasteiger partial charge in [-0.2, -0.15) is 0 Å². The summed E-state index contributed by atoms with van der Waals surface area (Å²) in [4.78, 5) is 13.2. The highest BCUT2D eigenvalue weighted by atomic mass is 35.5. The summed E-state index contributed by atoms with van der Waals surface area (Å²) in [6, 6.07) is 3.23. The number of aliphatic hydroxyl groups excluding tert-OH is 1. The number of hydrogen-bond donors (Lipinski definition) is 3. The maximum absolute atomic E-state index is 14.9. The molecule has 4 heterocycles. The molecule has 0 aliphatic carbocycles. The Bertz CT molecular complexity index is 1100. The fraction of sp³-hybridized carbons (Fsp3) is 0.450. The molecule has 2 fully saturated rings. The number of anilines is 1. The van der Waals surface area contributed by atoms with Crippen LogP contribution in [-0.4, -0.2) is 63.1 Å². The number of ether oxygens (including phenoxy) is 1. The first-order valence-corrected chi connectivity index (χ1v) is 10.3. The van der Waals surface area contributed by atoms with E-state index >= 15 is 0 Å². The highest BCUT2D eigenvalue weighted by Crippen LogP contribution is 2.33. The second-order valence-corrected chi connectivity index (χ2v) is 8.15. The zero-order chi connectivity index (χ0) is 20.8. The van der Waals surface area contributed by atoms with E-state index in [9.17, 15) is 9.50 Å². The molecule has 5 rings (SSSR count). The van der Waals surface area contributed by atoms with Crippen molar-refractivity contribution in [2.75, 3.05) is 31.6 Å². The lowest BCUT2D eigenvalue weighted by molar-refractivity contribution is -0.0224. The molecule has 2 aliphatic heterocycles. The summed E-state index contributed by atoms with van der Waals surface area (Å²) < 4.78 is 22.2. The third-order valence-corrected chi connectivity index (χ3v) is 5.97. The molecule has 0 amide bonds. The Balaban J connectivity index is 1.54. The number of rotatable bonds is 4. The molecule has 3 aromatic rings. The highest BCUT2D eigenvalue weighted by Gasteiger charge is 2.27. The molecule has 158 valence electrons. The maximum Gasteiger partial charge on any atom is 0.223 e. The molecule has 2 aromatic heterocycles. The van der Waals surface area contributed by atoms with Gasteiger partial charge in [0.2, 0.25) is 5.95 Å². The van der Waals surface area contributed by atoms with Gasteiger partial charge in [-0.15, -0.1) is 0 Å². The van der Waals surface area contributed by atoms with Crippen LogP contribution in [0, 0.1) is 12.7 Å². The van der Waals surface area contributed by atoms with Crippen LogP contribution in [0.2, 0.25) is 5.02 Å². The molecule has 0 unspecified atom stereocenters. The Morgan fingerprint density at radius 1 is 1.33 bits per heavy atom. The molecule has 0 bridgehead atoms. The van der Waals surface area contributed by atoms with Crippen molar-refractivity contribution in [2.45, 2.75) is 31.5 Å². The third kappa shape index (κ3) is 3.41. The zero-order valence-electron chi connectivity index (χ0n) is 16.4. The molecular weight excluding hydrogens is 411 g/mol. The van der Waals surface area contributed by atoms with Crippen molar-refractivity contribution in [1.29, 1.82) is 0 Å². The Morgan fingerprint density at radius 3 is 2.90 bits per heavy atom. The van der Waals surface area contributed by atoms with Crippen LogP contribution >= 0.6 is 11.6 Å². The summed E-state index contributed by atoms with van der Waals surface area (Å²) in [5, 5.41) is 16.8. The number of hydrogen-bond acceptors (Lipinski definition) is 7. The van der Waals surface area contributed by atoms with Crippen LogP contribution in [0.4, 0.5) is 10.3 Å². The SMILES string of the molecule is Cc1nc2c(F)cc(-c3nc(N[C@@H]4CCNC[C@H]4O)ncc3Cl)cc2n1C1COC1. The molecule has 10 heteroatoms. The number of fused-ring (bicyclic) bond motifs is 1. The lowest BCUT2D eigenvalue weighted by Gasteiger charge is -2.29. The molecule has 3 N–H and O–H groups in total. The van der Waals surface area contributed by atoms with Gasteiger partial charge in [-0.25, -0.2) is 19.3 Å². The van der Waals surface area contributed by atoms with Gasteiger partial charge >= 0.3 is 0 Å². The van der Waals surface area contributed by atoms with Gasteiger partial charge in [-0.3, -0.25) is 0 Å². The second-order valence-electron chi connectivity index (χ2n) is 7.75. The fourth-order valence-corrected chi connectivity index (χ4v) is 4.25. The number of benzene rings is 1. The number of β-amino-alcohol motifs (C(OH)–C–C–N with tert-alkyl or cyclic N) is 1. The van der Waals surface area contributed by atoms with Crippen LogP contribution in [0.25, 0.3) is 22.3 Å². The molecule has 30 heavy (non-hydrogen) atoms. The number of nitrogens with zero attached hydrogens (tertiary/aromatic N) is 4. The summed E-state index contributed by atoms with van der Waals surface area (Å²) in [5.41, 5.74) is 1.98. The molecule has 2 atom stereocenters. The first-order valence-electron chi connectivity index (χ1n) is 9.95. The van der Waals surface area contributed by atoms with E-state index in [4.69, 9.17) is 16.3 Å². The second kappa shape index (κ2) is 7.73. The lowest BCUT2D eigenvalue weighted by atomic mass is 10.0. The summed E-state index contributed by atoms with van der Waals surface area (Å²) in [6.45, 7) is 4.33. The minimum Gasteiger partial charge on any atom is -0.390 e. The van der Waals surface area contributed by atoms with Crippen LogP contribution in [0.5, 0.6) is 0 Å². The number of nitrogens with one attached hydrogen (secondary N) is 2. The maximum atomic E-state index is 14.9. The Hall–Kier alpha value is -2.33. The number of piperidine rings is 1. The Kier molecular flexibility index (Phi) is 5.06. The van der Waals surface area contributed by atoms with E-state index in [1.165, 1.54) is 12.3 Å².